The van der Waals surface area contributed by atoms with Gasteiger partial charge < -0.3 is 28.6 Å². The third-order valence-corrected chi connectivity index (χ3v) is 19.5. The number of carbonyl (C=O) groups excluding carboxylic acids is 3. The molecule has 4 aliphatic rings. The molecule has 1 saturated carbocycles. The van der Waals surface area contributed by atoms with Gasteiger partial charge in [-0.25, -0.2) is 0 Å². The van der Waals surface area contributed by atoms with E-state index in [4.69, 9.17) is 18.4 Å². The number of benzene rings is 3. The van der Waals surface area contributed by atoms with Crippen LogP contribution in [0.3, 0.4) is 0 Å². The van der Waals surface area contributed by atoms with Crippen LogP contribution in [0, 0.1) is 23.2 Å². The van der Waals surface area contributed by atoms with Gasteiger partial charge in [0.1, 0.15) is 24.5 Å². The minimum absolute atomic E-state index is 0.0244. The lowest BCUT2D eigenvalue weighted by molar-refractivity contribution is -0.151. The molecular formula is C52H68N4O7Si. The number of aromatic nitrogens is 1. The molecule has 1 aliphatic heterocycles. The summed E-state index contributed by atoms with van der Waals surface area (Å²) in [7, 11) is 0.946. The summed E-state index contributed by atoms with van der Waals surface area (Å²) in [6.45, 7) is 22.1. The SMILES string of the molecule is C[C@@H](NCc1cc(OCc2ccccc2)c2c(c1N1CCCC1)C[C@H]1C[C@H]3[C@H](N(C)C)c4onc(OCc5ccccc5)c4C(=O)[C@@]3(O[Si](C)(C)C(C)(C)C)C(=O)C1C2=O)C(C)(C)C. The van der Waals surface area contributed by atoms with E-state index in [0.717, 1.165) is 53.9 Å². The number of rotatable bonds is 13. The fourth-order valence-corrected chi connectivity index (χ4v) is 11.6. The van der Waals surface area contributed by atoms with Crippen LogP contribution in [0.15, 0.2) is 71.3 Å². The van der Waals surface area contributed by atoms with Gasteiger partial charge in [0.2, 0.25) is 5.78 Å². The molecule has 11 nitrogen and oxygen atoms in total. The van der Waals surface area contributed by atoms with E-state index in [0.29, 0.717) is 36.5 Å². The first-order chi connectivity index (χ1) is 30.2. The smallest absolute Gasteiger partial charge is 0.265 e. The van der Waals surface area contributed by atoms with Gasteiger partial charge in [-0.2, -0.15) is 0 Å². The second-order valence-electron chi connectivity index (χ2n) is 21.5. The Morgan fingerprint density at radius 2 is 1.52 bits per heavy atom. The predicted octanol–water partition coefficient (Wildman–Crippen LogP) is 9.78. The average Bonchev–Trinajstić information content (AvgIpc) is 3.93. The van der Waals surface area contributed by atoms with Crippen molar-refractivity contribution in [3.8, 4) is 11.6 Å². The van der Waals surface area contributed by atoms with Crippen LogP contribution in [0.25, 0.3) is 0 Å². The Labute approximate surface area is 380 Å². The molecule has 1 N–H and O–H groups in total. The normalized spacial score (nSPS) is 24.0. The molecule has 2 fully saturated rings. The molecule has 6 atom stereocenters. The Bertz CT molecular complexity index is 2380. The van der Waals surface area contributed by atoms with Crippen molar-refractivity contribution in [2.45, 2.75) is 130 Å². The number of fused-ring (bicyclic) bond motifs is 4. The van der Waals surface area contributed by atoms with Gasteiger partial charge in [-0.05, 0) is 110 Å². The van der Waals surface area contributed by atoms with Crippen LogP contribution in [0.1, 0.15) is 123 Å². The van der Waals surface area contributed by atoms with Crippen molar-refractivity contribution in [2.75, 3.05) is 32.1 Å². The van der Waals surface area contributed by atoms with Gasteiger partial charge in [0, 0.05) is 37.3 Å². The molecule has 12 heteroatoms. The zero-order chi connectivity index (χ0) is 45.9. The average molecular weight is 889 g/mol. The van der Waals surface area contributed by atoms with Crippen LogP contribution in [-0.2, 0) is 35.4 Å². The number of nitrogens with one attached hydrogen (secondary N) is 1. The maximum Gasteiger partial charge on any atom is 0.265 e. The molecule has 0 radical (unpaired) electrons. The summed E-state index contributed by atoms with van der Waals surface area (Å²) in [5.41, 5.74) is 3.55. The summed E-state index contributed by atoms with van der Waals surface area (Å²) in [4.78, 5) is 52.3. The fraction of sp³-hybridized carbons (Fsp3) is 0.538. The lowest BCUT2D eigenvalue weighted by Gasteiger charge is -2.56. The van der Waals surface area contributed by atoms with E-state index in [9.17, 15) is 0 Å². The third-order valence-electron chi connectivity index (χ3n) is 15.1. The molecule has 8 rings (SSSR count). The number of anilines is 1. The summed E-state index contributed by atoms with van der Waals surface area (Å²) in [5.74, 6) is -2.66. The number of Topliss-reactive ketones (excluding diaryl/α,β-unsaturated/α-hetero) is 3. The molecule has 0 amide bonds. The molecule has 3 aliphatic carbocycles. The number of ether oxygens (including phenoxy) is 2. The molecule has 1 unspecified atom stereocenters. The highest BCUT2D eigenvalue weighted by Gasteiger charge is 2.70. The number of hydrogen-bond acceptors (Lipinski definition) is 11. The predicted molar refractivity (Wildman–Crippen MR) is 252 cm³/mol. The minimum Gasteiger partial charge on any atom is -0.488 e. The van der Waals surface area contributed by atoms with Crippen LogP contribution < -0.4 is 19.7 Å². The first-order valence-electron chi connectivity index (χ1n) is 23.2. The molecule has 0 bridgehead atoms. The second kappa shape index (κ2) is 17.3. The highest BCUT2D eigenvalue weighted by Crippen LogP contribution is 2.59. The lowest BCUT2D eigenvalue weighted by atomic mass is 9.54. The summed E-state index contributed by atoms with van der Waals surface area (Å²) in [6, 6.07) is 21.3. The summed E-state index contributed by atoms with van der Waals surface area (Å²) < 4.78 is 26.5. The largest absolute Gasteiger partial charge is 0.488 e. The van der Waals surface area contributed by atoms with Crippen molar-refractivity contribution in [2.24, 2.45) is 23.2 Å². The van der Waals surface area contributed by atoms with E-state index >= 15 is 14.4 Å². The Morgan fingerprint density at radius 1 is 0.906 bits per heavy atom. The number of carbonyl (C=O) groups is 3. The standard InChI is InChI=1S/C52H68N4O7Si/c1-32(50(2,3)4)53-29-36-28-39(60-30-33-20-14-12-15-21-33)41-37(43(36)56-24-18-19-25-56)26-35-27-38-44(55(8)9)46-42(49(54-62-46)61-31-34-22-16-13-17-23-34)48(59)52(38,47(58)40(35)45(41)57)63-64(10,11)51(5,6)7/h12-17,20-23,28,32,35,38,40,44,53H,18-19,24-27,29-31H2,1-11H3/t32-,35+,38+,40?,44+,52+/m1/s1. The number of hydrogen-bond donors (Lipinski definition) is 1. The highest BCUT2D eigenvalue weighted by molar-refractivity contribution is 6.74. The molecule has 3 aromatic carbocycles. The van der Waals surface area contributed by atoms with Gasteiger partial charge in [-0.15, -0.1) is 0 Å². The van der Waals surface area contributed by atoms with Gasteiger partial charge in [0.15, 0.2) is 31.2 Å². The zero-order valence-electron chi connectivity index (χ0n) is 39.8. The fourth-order valence-electron chi connectivity index (χ4n) is 10.2. The zero-order valence-corrected chi connectivity index (χ0v) is 40.8. The Morgan fingerprint density at radius 3 is 2.09 bits per heavy atom. The molecule has 342 valence electrons. The monoisotopic (exact) mass is 888 g/mol. The number of ketones is 3. The maximum absolute atomic E-state index is 16.2. The third kappa shape index (κ3) is 8.17. The van der Waals surface area contributed by atoms with Crippen LogP contribution >= 0.6 is 0 Å². The van der Waals surface area contributed by atoms with Crippen molar-refractivity contribution in [1.82, 2.24) is 15.4 Å². The molecule has 1 aromatic heterocycles. The molecular weight excluding hydrogens is 821 g/mol. The summed E-state index contributed by atoms with van der Waals surface area (Å²) in [5, 5.41) is 7.80. The van der Waals surface area contributed by atoms with Gasteiger partial charge in [-0.3, -0.25) is 19.3 Å². The van der Waals surface area contributed by atoms with Gasteiger partial charge >= 0.3 is 0 Å². The van der Waals surface area contributed by atoms with E-state index in [2.05, 4.69) is 76.9 Å². The lowest BCUT2D eigenvalue weighted by Crippen LogP contribution is -2.70. The van der Waals surface area contributed by atoms with Gasteiger partial charge in [0.25, 0.3) is 5.88 Å². The van der Waals surface area contributed by atoms with Crippen LogP contribution in [0.4, 0.5) is 5.69 Å². The Hall–Kier alpha value is -4.62. The van der Waals surface area contributed by atoms with Crippen LogP contribution in [0.2, 0.25) is 18.1 Å². The Kier molecular flexibility index (Phi) is 12.4. The van der Waals surface area contributed by atoms with Crippen molar-refractivity contribution < 1.29 is 32.8 Å². The van der Waals surface area contributed by atoms with Crippen molar-refractivity contribution in [1.29, 1.82) is 0 Å². The first kappa shape index (κ1) is 45.9. The summed E-state index contributed by atoms with van der Waals surface area (Å²) in [6.07, 6.45) is 2.98. The number of nitrogens with zero attached hydrogens (tertiary/aromatic N) is 3. The molecule has 2 heterocycles. The minimum atomic E-state index is -2.93. The van der Waals surface area contributed by atoms with Crippen LogP contribution in [-0.4, -0.2) is 74.6 Å². The Balaban J connectivity index is 1.29. The van der Waals surface area contributed by atoms with Crippen molar-refractivity contribution >= 4 is 31.4 Å². The van der Waals surface area contributed by atoms with E-state index in [-0.39, 0.29) is 46.9 Å². The van der Waals surface area contributed by atoms with E-state index in [1.807, 2.05) is 85.7 Å². The summed E-state index contributed by atoms with van der Waals surface area (Å²) >= 11 is 0. The molecule has 1 saturated heterocycles. The van der Waals surface area contributed by atoms with Crippen LogP contribution in [0.5, 0.6) is 11.6 Å². The van der Waals surface area contributed by atoms with E-state index in [1.54, 1.807) is 0 Å². The first-order valence-corrected chi connectivity index (χ1v) is 26.2. The van der Waals surface area contributed by atoms with E-state index in [1.165, 1.54) is 0 Å². The second-order valence-corrected chi connectivity index (χ2v) is 26.2. The topological polar surface area (TPSA) is 123 Å². The highest BCUT2D eigenvalue weighted by atomic mass is 28.4. The van der Waals surface area contributed by atoms with Gasteiger partial charge in [-0.1, -0.05) is 102 Å². The van der Waals surface area contributed by atoms with E-state index < -0.39 is 49.3 Å². The molecule has 4 aromatic rings. The van der Waals surface area contributed by atoms with Crippen molar-refractivity contribution in [3.05, 3.63) is 106 Å². The van der Waals surface area contributed by atoms with Gasteiger partial charge in [0.05, 0.1) is 17.5 Å². The quantitative estimate of drug-likeness (QED) is 0.102. The maximum atomic E-state index is 16.2. The molecule has 0 spiro atoms. The van der Waals surface area contributed by atoms with Crippen molar-refractivity contribution in [3.63, 3.8) is 0 Å². The molecule has 64 heavy (non-hydrogen) atoms.